The highest BCUT2D eigenvalue weighted by molar-refractivity contribution is 6.31. The number of halogens is 2. The van der Waals surface area contributed by atoms with Gasteiger partial charge in [-0.1, -0.05) is 65.7 Å². The van der Waals surface area contributed by atoms with E-state index in [-0.39, 0.29) is 5.56 Å². The maximum atomic E-state index is 11.6. The summed E-state index contributed by atoms with van der Waals surface area (Å²) < 4.78 is 29.8. The van der Waals surface area contributed by atoms with Crippen LogP contribution in [0.3, 0.4) is 0 Å². The molecule has 56 heavy (non-hydrogen) atoms. The first-order chi connectivity index (χ1) is 26.9. The molecule has 4 aromatic rings. The zero-order chi connectivity index (χ0) is 40.1. The Bertz CT molecular complexity index is 1890. The van der Waals surface area contributed by atoms with E-state index in [1.165, 1.54) is 6.07 Å². The predicted octanol–water partition coefficient (Wildman–Crippen LogP) is 3.84. The molecule has 14 heteroatoms. The van der Waals surface area contributed by atoms with Crippen molar-refractivity contribution in [1.29, 1.82) is 0 Å². The van der Waals surface area contributed by atoms with Gasteiger partial charge in [-0.3, -0.25) is 0 Å². The topological polar surface area (TPSA) is 188 Å². The number of ether oxygens (including phenoxy) is 5. The van der Waals surface area contributed by atoms with Gasteiger partial charge in [-0.2, -0.15) is 0 Å². The molecule has 0 amide bonds. The Labute approximate surface area is 335 Å². The molecule has 2 aliphatic heterocycles. The number of hydrogen-bond acceptors (Lipinski definition) is 12. The fourth-order valence-corrected chi connectivity index (χ4v) is 7.54. The largest absolute Gasteiger partial charge is 0.494 e. The van der Waals surface area contributed by atoms with E-state index in [0.717, 1.165) is 22.4 Å². The average molecular weight is 816 g/mol. The highest BCUT2D eigenvalue weighted by atomic mass is 35.5. The van der Waals surface area contributed by atoms with E-state index in [9.17, 15) is 35.7 Å². The van der Waals surface area contributed by atoms with Crippen molar-refractivity contribution in [2.75, 3.05) is 26.4 Å². The lowest BCUT2D eigenvalue weighted by Crippen LogP contribution is -2.65. The van der Waals surface area contributed by atoms with E-state index < -0.39 is 73.9 Å². The van der Waals surface area contributed by atoms with Crippen LogP contribution in [0.5, 0.6) is 11.5 Å². The van der Waals surface area contributed by atoms with Crippen LogP contribution >= 0.6 is 23.2 Å². The average Bonchev–Trinajstić information content (AvgIpc) is 3.20. The molecule has 4 aromatic carbocycles. The minimum Gasteiger partial charge on any atom is -0.494 e. The summed E-state index contributed by atoms with van der Waals surface area (Å²) in [6.45, 7) is 3.56. The first-order valence-corrected chi connectivity index (χ1v) is 19.3. The fourth-order valence-electron chi connectivity index (χ4n) is 7.17. The minimum atomic E-state index is -2.24. The van der Waals surface area contributed by atoms with Gasteiger partial charge in [0.15, 0.2) is 0 Å². The molecule has 0 unspecified atom stereocenters. The van der Waals surface area contributed by atoms with Crippen LogP contribution in [0.1, 0.15) is 53.3 Å². The molecule has 2 aliphatic rings. The van der Waals surface area contributed by atoms with Gasteiger partial charge >= 0.3 is 0 Å². The zero-order valence-electron chi connectivity index (χ0n) is 30.9. The van der Waals surface area contributed by atoms with Gasteiger partial charge in [-0.15, -0.1) is 0 Å². The fraction of sp³-hybridized carbons (Fsp3) is 0.429. The molecule has 12 nitrogen and oxygen atoms in total. The molecule has 0 spiro atoms. The Balaban J connectivity index is 1.28. The molecule has 7 N–H and O–H groups in total. The lowest BCUT2D eigenvalue weighted by Gasteiger charge is -2.49. The van der Waals surface area contributed by atoms with Gasteiger partial charge in [0.25, 0.3) is 0 Å². The molecule has 0 radical (unpaired) electrons. The van der Waals surface area contributed by atoms with E-state index in [0.29, 0.717) is 53.0 Å². The van der Waals surface area contributed by atoms with Gasteiger partial charge in [0, 0.05) is 15.6 Å². The van der Waals surface area contributed by atoms with Crippen molar-refractivity contribution in [3.8, 4) is 11.5 Å². The Morgan fingerprint density at radius 1 is 0.625 bits per heavy atom. The minimum absolute atomic E-state index is 0.179. The summed E-state index contributed by atoms with van der Waals surface area (Å²) in [5, 5.41) is 77.7. The molecule has 10 atom stereocenters. The van der Waals surface area contributed by atoms with Crippen LogP contribution in [0.15, 0.2) is 84.9 Å². The van der Waals surface area contributed by atoms with Crippen LogP contribution in [0.4, 0.5) is 0 Å². The predicted molar refractivity (Wildman–Crippen MR) is 207 cm³/mol. The Hall–Kier alpha value is -3.34. The van der Waals surface area contributed by atoms with Gasteiger partial charge < -0.3 is 59.4 Å². The third kappa shape index (κ3) is 9.02. The lowest BCUT2D eigenvalue weighted by atomic mass is 9.86. The van der Waals surface area contributed by atoms with E-state index >= 15 is 0 Å². The third-order valence-electron chi connectivity index (χ3n) is 10.2. The van der Waals surface area contributed by atoms with E-state index in [1.54, 1.807) is 30.3 Å². The smallest absolute Gasteiger partial charge is 0.225 e. The van der Waals surface area contributed by atoms with Crippen molar-refractivity contribution in [3.63, 3.8) is 0 Å². The van der Waals surface area contributed by atoms with Crippen LogP contribution in [0.25, 0.3) is 0 Å². The summed E-state index contributed by atoms with van der Waals surface area (Å²) in [6.07, 6.45) is -13.4. The number of aliphatic hydroxyl groups is 7. The summed E-state index contributed by atoms with van der Waals surface area (Å²) in [5.74, 6) is -0.798. The quantitative estimate of drug-likeness (QED) is 0.0977. The summed E-state index contributed by atoms with van der Waals surface area (Å²) in [4.78, 5) is 0. The molecule has 2 heterocycles. The lowest BCUT2D eigenvalue weighted by molar-refractivity contribution is -0.381. The maximum Gasteiger partial charge on any atom is 0.225 e. The monoisotopic (exact) mass is 814 g/mol. The normalized spacial score (nSPS) is 29.2. The van der Waals surface area contributed by atoms with Crippen molar-refractivity contribution < 1.29 is 59.4 Å². The molecule has 302 valence electrons. The molecular weight excluding hydrogens is 767 g/mol. The van der Waals surface area contributed by atoms with Gasteiger partial charge in [0.05, 0.1) is 26.4 Å². The van der Waals surface area contributed by atoms with Crippen LogP contribution in [-0.4, -0.2) is 111 Å². The Morgan fingerprint density at radius 3 is 1.71 bits per heavy atom. The molecular formula is C42H48Cl2O12. The number of rotatable bonds is 14. The van der Waals surface area contributed by atoms with Crippen LogP contribution in [0.2, 0.25) is 10.0 Å². The maximum absolute atomic E-state index is 11.6. The third-order valence-corrected chi connectivity index (χ3v) is 11.0. The molecule has 2 fully saturated rings. The second kappa shape index (κ2) is 18.5. The van der Waals surface area contributed by atoms with Crippen molar-refractivity contribution in [2.45, 2.75) is 87.4 Å². The number of aliphatic hydroxyl groups excluding tert-OH is 7. The summed E-state index contributed by atoms with van der Waals surface area (Å²) in [5.41, 5.74) is 3.82. The van der Waals surface area contributed by atoms with Gasteiger partial charge in [0.2, 0.25) is 5.79 Å². The molecule has 2 saturated heterocycles. The number of hydrogen-bond donors (Lipinski definition) is 7. The Morgan fingerprint density at radius 2 is 1.16 bits per heavy atom. The SMILES string of the molecule is CCOc1ccc(Cc2cc([C@@H]3O[C@H](CO[C@@]4(c5ccc(Cl)c(Cc6ccc(OCC)cc6)c5)O[C@H](CO)[C@@H](O)[C@H](O)[C@H]4O)[C@@H](O)[C@H](O)[C@H]3O)ccc2Cl)cc1. The Kier molecular flexibility index (Phi) is 14.0. The molecule has 0 saturated carbocycles. The summed E-state index contributed by atoms with van der Waals surface area (Å²) in [7, 11) is 0. The summed E-state index contributed by atoms with van der Waals surface area (Å²) in [6, 6.07) is 24.8. The first kappa shape index (κ1) is 42.3. The van der Waals surface area contributed by atoms with Crippen molar-refractivity contribution in [2.24, 2.45) is 0 Å². The second-order valence-electron chi connectivity index (χ2n) is 14.0. The first-order valence-electron chi connectivity index (χ1n) is 18.6. The van der Waals surface area contributed by atoms with Crippen molar-refractivity contribution >= 4 is 23.2 Å². The molecule has 6 rings (SSSR count). The van der Waals surface area contributed by atoms with Gasteiger partial charge in [0.1, 0.15) is 66.4 Å². The zero-order valence-corrected chi connectivity index (χ0v) is 32.5. The molecule has 0 aromatic heterocycles. The standard InChI is InChI=1S/C42H48Cl2O12/c1-3-52-29-11-5-23(6-12-29)17-26-19-25(9-15-31(26)43)40-38(49)37(48)36(47)34(55-40)22-54-42(41(51)39(50)35(46)33(21-45)56-42)28-10-16-32(44)27(20-28)18-24-7-13-30(14-8-24)53-4-2/h5-16,19-20,33-41,45-51H,3-4,17-18,21-22H2,1-2H3/t33-,34-,35-,36-,37+,38-,39+,40+,41-,42+/m1/s1. The highest BCUT2D eigenvalue weighted by Gasteiger charge is 2.56. The number of benzene rings is 4. The van der Waals surface area contributed by atoms with E-state index in [4.69, 9.17) is 46.9 Å². The molecule has 0 aliphatic carbocycles. The summed E-state index contributed by atoms with van der Waals surface area (Å²) >= 11 is 13.2. The second-order valence-corrected chi connectivity index (χ2v) is 14.8. The van der Waals surface area contributed by atoms with Crippen molar-refractivity contribution in [1.82, 2.24) is 0 Å². The van der Waals surface area contributed by atoms with Gasteiger partial charge in [-0.25, -0.2) is 0 Å². The van der Waals surface area contributed by atoms with Crippen LogP contribution < -0.4 is 9.47 Å². The van der Waals surface area contributed by atoms with E-state index in [1.807, 2.05) is 62.4 Å². The van der Waals surface area contributed by atoms with Gasteiger partial charge in [-0.05, 0) is 97.0 Å². The highest BCUT2D eigenvalue weighted by Crippen LogP contribution is 2.43. The van der Waals surface area contributed by atoms with Crippen LogP contribution in [-0.2, 0) is 32.8 Å². The van der Waals surface area contributed by atoms with Crippen molar-refractivity contribution in [3.05, 3.63) is 128 Å². The molecule has 0 bridgehead atoms. The van der Waals surface area contributed by atoms with Crippen LogP contribution in [0, 0.1) is 0 Å². The van der Waals surface area contributed by atoms with E-state index in [2.05, 4.69) is 0 Å².